The molecule has 5 nitrogen and oxygen atoms in total. The summed E-state index contributed by atoms with van der Waals surface area (Å²) >= 11 is 0. The molecule has 1 aromatic heterocycles. The van der Waals surface area contributed by atoms with E-state index in [0.29, 0.717) is 29.1 Å². The monoisotopic (exact) mass is 352 g/mol. The first-order chi connectivity index (χ1) is 12.4. The van der Waals surface area contributed by atoms with Crippen molar-refractivity contribution in [3.05, 3.63) is 58.4 Å². The standard InChI is InChI=1S/C21H20O5/c1-21(2,23)18-11-16-17(25-18)8-7-13-10-15(20(22)26-19(13)16)12-5-4-6-14(9-12)24-3/h4-10,18,23H,11H2,1-3H3. The van der Waals surface area contributed by atoms with Gasteiger partial charge in [-0.3, -0.25) is 0 Å². The molecule has 0 radical (unpaired) electrons. The summed E-state index contributed by atoms with van der Waals surface area (Å²) in [4.78, 5) is 12.6. The second-order valence-electron chi connectivity index (χ2n) is 7.10. The third kappa shape index (κ3) is 2.74. The predicted octanol–water partition coefficient (Wildman–Crippen LogP) is 3.54. The Labute approximate surface area is 150 Å². The van der Waals surface area contributed by atoms with E-state index in [0.717, 1.165) is 16.5 Å². The lowest BCUT2D eigenvalue weighted by molar-refractivity contribution is -0.0229. The van der Waals surface area contributed by atoms with Gasteiger partial charge in [-0.2, -0.15) is 0 Å². The van der Waals surface area contributed by atoms with E-state index in [1.165, 1.54) is 0 Å². The summed E-state index contributed by atoms with van der Waals surface area (Å²) in [5, 5.41) is 11.0. The van der Waals surface area contributed by atoms with Crippen LogP contribution in [-0.2, 0) is 6.42 Å². The van der Waals surface area contributed by atoms with E-state index in [9.17, 15) is 9.90 Å². The fourth-order valence-electron chi connectivity index (χ4n) is 3.29. The number of aliphatic hydroxyl groups is 1. The van der Waals surface area contributed by atoms with E-state index >= 15 is 0 Å². The van der Waals surface area contributed by atoms with E-state index in [2.05, 4.69) is 0 Å². The Morgan fingerprint density at radius 2 is 2.00 bits per heavy atom. The molecule has 0 bridgehead atoms. The highest BCUT2D eigenvalue weighted by atomic mass is 16.5. The highest BCUT2D eigenvalue weighted by molar-refractivity contribution is 5.86. The summed E-state index contributed by atoms with van der Waals surface area (Å²) in [7, 11) is 1.59. The van der Waals surface area contributed by atoms with Gasteiger partial charge in [0.05, 0.1) is 18.3 Å². The summed E-state index contributed by atoms with van der Waals surface area (Å²) in [5.74, 6) is 1.33. The maximum absolute atomic E-state index is 12.6. The minimum Gasteiger partial charge on any atom is -0.497 e. The van der Waals surface area contributed by atoms with Gasteiger partial charge >= 0.3 is 5.63 Å². The van der Waals surface area contributed by atoms with Crippen molar-refractivity contribution in [2.45, 2.75) is 32.0 Å². The molecule has 0 saturated carbocycles. The topological polar surface area (TPSA) is 68.9 Å². The lowest BCUT2D eigenvalue weighted by Gasteiger charge is -2.24. The maximum atomic E-state index is 12.6. The zero-order chi connectivity index (χ0) is 18.5. The van der Waals surface area contributed by atoms with Crippen LogP contribution in [0.15, 0.2) is 51.7 Å². The first-order valence-electron chi connectivity index (χ1n) is 8.50. The lowest BCUT2D eigenvalue weighted by Crippen LogP contribution is -2.39. The van der Waals surface area contributed by atoms with Crippen molar-refractivity contribution in [1.82, 2.24) is 0 Å². The maximum Gasteiger partial charge on any atom is 0.344 e. The van der Waals surface area contributed by atoms with Crippen LogP contribution in [0.3, 0.4) is 0 Å². The molecule has 3 aromatic rings. The van der Waals surface area contributed by atoms with Gasteiger partial charge in [-0.05, 0) is 49.7 Å². The van der Waals surface area contributed by atoms with Crippen LogP contribution in [0.5, 0.6) is 11.5 Å². The van der Waals surface area contributed by atoms with E-state index in [1.807, 2.05) is 36.4 Å². The van der Waals surface area contributed by atoms with E-state index in [1.54, 1.807) is 27.0 Å². The minimum atomic E-state index is -0.980. The largest absolute Gasteiger partial charge is 0.497 e. The molecule has 0 aliphatic carbocycles. The molecule has 1 unspecified atom stereocenters. The quantitative estimate of drug-likeness (QED) is 0.730. The van der Waals surface area contributed by atoms with Gasteiger partial charge < -0.3 is 19.0 Å². The van der Waals surface area contributed by atoms with Crippen LogP contribution in [0, 0.1) is 0 Å². The van der Waals surface area contributed by atoms with Gasteiger partial charge in [0, 0.05) is 17.4 Å². The molecule has 1 N–H and O–H groups in total. The minimum absolute atomic E-state index is 0.369. The molecule has 2 aromatic carbocycles. The Kier molecular flexibility index (Phi) is 3.77. The molecule has 134 valence electrons. The van der Waals surface area contributed by atoms with Crippen molar-refractivity contribution < 1.29 is 19.0 Å². The van der Waals surface area contributed by atoms with Gasteiger partial charge in [-0.25, -0.2) is 4.79 Å². The van der Waals surface area contributed by atoms with Crippen LogP contribution >= 0.6 is 0 Å². The van der Waals surface area contributed by atoms with Gasteiger partial charge in [0.2, 0.25) is 0 Å². The molecule has 4 rings (SSSR count). The van der Waals surface area contributed by atoms with Crippen molar-refractivity contribution in [2.75, 3.05) is 7.11 Å². The first-order valence-corrected chi connectivity index (χ1v) is 8.50. The van der Waals surface area contributed by atoms with Crippen molar-refractivity contribution in [2.24, 2.45) is 0 Å². The second kappa shape index (κ2) is 5.88. The van der Waals surface area contributed by atoms with Gasteiger partial charge in [-0.1, -0.05) is 12.1 Å². The number of rotatable bonds is 3. The second-order valence-corrected chi connectivity index (χ2v) is 7.10. The van der Waals surface area contributed by atoms with E-state index in [4.69, 9.17) is 13.9 Å². The van der Waals surface area contributed by atoms with Crippen LogP contribution in [0.25, 0.3) is 22.1 Å². The summed E-state index contributed by atoms with van der Waals surface area (Å²) < 4.78 is 16.7. The van der Waals surface area contributed by atoms with Crippen LogP contribution in [-0.4, -0.2) is 23.9 Å². The number of fused-ring (bicyclic) bond motifs is 3. The smallest absolute Gasteiger partial charge is 0.344 e. The van der Waals surface area contributed by atoms with Crippen LogP contribution in [0.4, 0.5) is 0 Å². The van der Waals surface area contributed by atoms with Crippen LogP contribution in [0.1, 0.15) is 19.4 Å². The van der Waals surface area contributed by atoms with Gasteiger partial charge in [0.1, 0.15) is 23.2 Å². The molecule has 26 heavy (non-hydrogen) atoms. The Bertz CT molecular complexity index is 1040. The summed E-state index contributed by atoms with van der Waals surface area (Å²) in [6.45, 7) is 3.42. The molecule has 0 spiro atoms. The summed E-state index contributed by atoms with van der Waals surface area (Å²) in [6, 6.07) is 12.9. The van der Waals surface area contributed by atoms with E-state index < -0.39 is 11.2 Å². The van der Waals surface area contributed by atoms with Crippen LogP contribution in [0.2, 0.25) is 0 Å². The highest BCUT2D eigenvalue weighted by Crippen LogP contribution is 2.38. The fraction of sp³-hybridized carbons (Fsp3) is 0.286. The number of ether oxygens (including phenoxy) is 2. The summed E-state index contributed by atoms with van der Waals surface area (Å²) in [6.07, 6.45) is 0.129. The lowest BCUT2D eigenvalue weighted by atomic mass is 9.96. The molecule has 5 heteroatoms. The molecular formula is C21H20O5. The Balaban J connectivity index is 1.84. The zero-order valence-electron chi connectivity index (χ0n) is 14.9. The first kappa shape index (κ1) is 16.7. The molecule has 2 heterocycles. The average Bonchev–Trinajstić information content (AvgIpc) is 3.06. The van der Waals surface area contributed by atoms with Crippen molar-refractivity contribution >= 4 is 11.0 Å². The fourth-order valence-corrected chi connectivity index (χ4v) is 3.29. The molecule has 1 atom stereocenters. The van der Waals surface area contributed by atoms with Gasteiger partial charge in [0.25, 0.3) is 0 Å². The zero-order valence-corrected chi connectivity index (χ0v) is 14.9. The SMILES string of the molecule is COc1cccc(-c2cc3ccc4c(c3oc2=O)CC(C(C)(C)O)O4)c1. The summed E-state index contributed by atoms with van der Waals surface area (Å²) in [5.41, 5.74) is 1.17. The number of benzene rings is 2. The number of hydrogen-bond acceptors (Lipinski definition) is 5. The van der Waals surface area contributed by atoms with Crippen molar-refractivity contribution in [3.8, 4) is 22.6 Å². The molecule has 1 aliphatic rings. The Morgan fingerprint density at radius 3 is 2.73 bits per heavy atom. The van der Waals surface area contributed by atoms with Crippen molar-refractivity contribution in [3.63, 3.8) is 0 Å². The molecule has 0 fully saturated rings. The van der Waals surface area contributed by atoms with Crippen LogP contribution < -0.4 is 15.1 Å². The third-order valence-corrected chi connectivity index (χ3v) is 4.79. The Morgan fingerprint density at radius 1 is 1.19 bits per heavy atom. The van der Waals surface area contributed by atoms with Gasteiger partial charge in [0.15, 0.2) is 0 Å². The average molecular weight is 352 g/mol. The predicted molar refractivity (Wildman–Crippen MR) is 98.9 cm³/mol. The Hall–Kier alpha value is -2.79. The number of hydrogen-bond donors (Lipinski definition) is 1. The number of methoxy groups -OCH3 is 1. The highest BCUT2D eigenvalue weighted by Gasteiger charge is 2.36. The van der Waals surface area contributed by atoms with Gasteiger partial charge in [-0.15, -0.1) is 0 Å². The molecule has 0 saturated heterocycles. The third-order valence-electron chi connectivity index (χ3n) is 4.79. The molecular weight excluding hydrogens is 332 g/mol. The van der Waals surface area contributed by atoms with E-state index in [-0.39, 0.29) is 6.10 Å². The van der Waals surface area contributed by atoms with Crippen molar-refractivity contribution in [1.29, 1.82) is 0 Å². The molecule has 1 aliphatic heterocycles. The normalized spacial score (nSPS) is 16.4. The molecule has 0 amide bonds.